The minimum Gasteiger partial charge on any atom is -0.317 e. The predicted octanol–water partition coefficient (Wildman–Crippen LogP) is 3.11. The summed E-state index contributed by atoms with van der Waals surface area (Å²) in [6.07, 6.45) is 5.41. The van der Waals surface area contributed by atoms with E-state index in [-0.39, 0.29) is 35.5 Å². The topological polar surface area (TPSA) is 78.5 Å². The van der Waals surface area contributed by atoms with Crippen LogP contribution in [0, 0.1) is 23.7 Å². The zero-order valence-corrected chi connectivity index (χ0v) is 15.9. The number of rotatable bonds is 3. The highest BCUT2D eigenvalue weighted by molar-refractivity contribution is 9.10. The first kappa shape index (κ1) is 17.3. The SMILES string of the molecule is C[C@H](NC(=O)Nc1ccc(Br)cc1)N1C(=O)[C@@H]2[C@H](C1=O)[C@H]1C=C[C@H]2CC1. The number of urea groups is 1. The summed E-state index contributed by atoms with van der Waals surface area (Å²) in [6, 6.07) is 6.72. The maximum atomic E-state index is 12.9. The quantitative estimate of drug-likeness (QED) is 0.585. The van der Waals surface area contributed by atoms with E-state index in [2.05, 4.69) is 38.7 Å². The van der Waals surface area contributed by atoms with E-state index in [9.17, 15) is 14.4 Å². The molecule has 0 spiro atoms. The first-order valence-electron chi connectivity index (χ1n) is 8.84. The van der Waals surface area contributed by atoms with E-state index in [0.717, 1.165) is 17.3 Å². The van der Waals surface area contributed by atoms with Crippen LogP contribution in [0.4, 0.5) is 10.5 Å². The number of likely N-dealkylation sites (tertiary alicyclic amines) is 1. The molecule has 4 aliphatic rings. The Morgan fingerprint density at radius 1 is 1.08 bits per heavy atom. The fourth-order valence-electron chi connectivity index (χ4n) is 4.43. The summed E-state index contributed by atoms with van der Waals surface area (Å²) in [5.74, 6) is -0.536. The van der Waals surface area contributed by atoms with E-state index >= 15 is 0 Å². The lowest BCUT2D eigenvalue weighted by atomic mass is 9.63. The highest BCUT2D eigenvalue weighted by atomic mass is 79.9. The first-order chi connectivity index (χ1) is 12.5. The van der Waals surface area contributed by atoms with Crippen molar-refractivity contribution in [3.8, 4) is 0 Å². The molecule has 1 aromatic rings. The molecule has 1 saturated heterocycles. The van der Waals surface area contributed by atoms with Gasteiger partial charge in [0, 0.05) is 10.2 Å². The molecular formula is C19H20BrN3O3. The third-order valence-electron chi connectivity index (χ3n) is 5.62. The average molecular weight is 418 g/mol. The summed E-state index contributed by atoms with van der Waals surface area (Å²) in [6.45, 7) is 1.67. The van der Waals surface area contributed by atoms with Crippen molar-refractivity contribution in [3.05, 3.63) is 40.9 Å². The van der Waals surface area contributed by atoms with Crippen molar-refractivity contribution in [1.82, 2.24) is 10.2 Å². The second-order valence-corrected chi connectivity index (χ2v) is 8.09. The Morgan fingerprint density at radius 2 is 1.62 bits per heavy atom. The number of nitrogens with one attached hydrogen (secondary N) is 2. The fourth-order valence-corrected chi connectivity index (χ4v) is 4.70. The van der Waals surface area contributed by atoms with Crippen molar-refractivity contribution >= 4 is 39.5 Å². The Kier molecular flexibility index (Phi) is 4.34. The van der Waals surface area contributed by atoms with E-state index in [0.29, 0.717) is 5.69 Å². The summed E-state index contributed by atoms with van der Waals surface area (Å²) in [4.78, 5) is 39.2. The number of carbonyl (C=O) groups excluding carboxylic acids is 3. The van der Waals surface area contributed by atoms with Crippen LogP contribution in [0.25, 0.3) is 0 Å². The van der Waals surface area contributed by atoms with Gasteiger partial charge in [-0.2, -0.15) is 0 Å². The molecule has 4 amide bonds. The van der Waals surface area contributed by atoms with Crippen molar-refractivity contribution in [1.29, 1.82) is 0 Å². The van der Waals surface area contributed by atoms with Gasteiger partial charge in [-0.25, -0.2) is 4.79 Å². The minimum atomic E-state index is -0.685. The van der Waals surface area contributed by atoms with Crippen LogP contribution in [0.5, 0.6) is 0 Å². The molecule has 7 heteroatoms. The zero-order chi connectivity index (χ0) is 18.4. The third kappa shape index (κ3) is 2.84. The average Bonchev–Trinajstić information content (AvgIpc) is 2.91. The lowest BCUT2D eigenvalue weighted by molar-refractivity contribution is -0.142. The molecule has 1 aromatic carbocycles. The Balaban J connectivity index is 1.44. The van der Waals surface area contributed by atoms with E-state index < -0.39 is 12.2 Å². The lowest BCUT2D eigenvalue weighted by Gasteiger charge is -2.38. The molecule has 0 aromatic heterocycles. The first-order valence-corrected chi connectivity index (χ1v) is 9.63. The summed E-state index contributed by atoms with van der Waals surface area (Å²) in [7, 11) is 0. The molecule has 26 heavy (non-hydrogen) atoms. The number of carbonyl (C=O) groups is 3. The lowest BCUT2D eigenvalue weighted by Crippen LogP contribution is -2.50. The van der Waals surface area contributed by atoms with Gasteiger partial charge in [-0.3, -0.25) is 14.5 Å². The summed E-state index contributed by atoms with van der Waals surface area (Å²) in [5, 5.41) is 5.42. The normalized spacial score (nSPS) is 30.3. The Bertz CT molecular complexity index is 760. The number of amides is 4. The van der Waals surface area contributed by atoms with Gasteiger partial charge in [0.2, 0.25) is 11.8 Å². The van der Waals surface area contributed by atoms with Crippen LogP contribution in [0.15, 0.2) is 40.9 Å². The maximum Gasteiger partial charge on any atom is 0.320 e. The molecule has 6 nitrogen and oxygen atoms in total. The molecule has 5 rings (SSSR count). The number of halogens is 1. The molecule has 0 unspecified atom stereocenters. The molecule has 3 aliphatic carbocycles. The molecule has 2 fully saturated rings. The molecule has 136 valence electrons. The van der Waals surface area contributed by atoms with Gasteiger partial charge >= 0.3 is 6.03 Å². The van der Waals surface area contributed by atoms with Crippen molar-refractivity contribution in [2.24, 2.45) is 23.7 Å². The number of hydrogen-bond donors (Lipinski definition) is 2. The summed E-state index contributed by atoms with van der Waals surface area (Å²) in [5.41, 5.74) is 0.632. The van der Waals surface area contributed by atoms with Crippen LogP contribution in [0.1, 0.15) is 19.8 Å². The van der Waals surface area contributed by atoms with Crippen LogP contribution in [-0.4, -0.2) is 28.9 Å². The summed E-state index contributed by atoms with van der Waals surface area (Å²) < 4.78 is 0.913. The number of anilines is 1. The van der Waals surface area contributed by atoms with Gasteiger partial charge in [-0.05, 0) is 55.9 Å². The summed E-state index contributed by atoms with van der Waals surface area (Å²) >= 11 is 3.34. The number of nitrogens with zero attached hydrogens (tertiary/aromatic N) is 1. The molecule has 1 saturated carbocycles. The Labute approximate surface area is 160 Å². The smallest absolute Gasteiger partial charge is 0.317 e. The molecule has 1 aliphatic heterocycles. The number of hydrogen-bond acceptors (Lipinski definition) is 3. The van der Waals surface area contributed by atoms with E-state index in [1.165, 1.54) is 4.90 Å². The van der Waals surface area contributed by atoms with Crippen LogP contribution in [-0.2, 0) is 9.59 Å². The molecule has 5 atom stereocenters. The van der Waals surface area contributed by atoms with Crippen LogP contribution in [0.2, 0.25) is 0 Å². The second kappa shape index (κ2) is 6.54. The van der Waals surface area contributed by atoms with E-state index in [4.69, 9.17) is 0 Å². The van der Waals surface area contributed by atoms with Crippen molar-refractivity contribution in [2.75, 3.05) is 5.32 Å². The Morgan fingerprint density at radius 3 is 2.12 bits per heavy atom. The van der Waals surface area contributed by atoms with Gasteiger partial charge in [0.1, 0.15) is 6.17 Å². The highest BCUT2D eigenvalue weighted by Crippen LogP contribution is 2.49. The van der Waals surface area contributed by atoms with Crippen LogP contribution >= 0.6 is 15.9 Å². The van der Waals surface area contributed by atoms with Gasteiger partial charge in [0.15, 0.2) is 0 Å². The molecule has 1 heterocycles. The number of allylic oxidation sites excluding steroid dienone is 2. The van der Waals surface area contributed by atoms with Crippen molar-refractivity contribution in [2.45, 2.75) is 25.9 Å². The van der Waals surface area contributed by atoms with Crippen LogP contribution < -0.4 is 10.6 Å². The van der Waals surface area contributed by atoms with E-state index in [1.807, 2.05) is 12.1 Å². The maximum absolute atomic E-state index is 12.9. The highest BCUT2D eigenvalue weighted by Gasteiger charge is 2.57. The van der Waals surface area contributed by atoms with Gasteiger partial charge in [-0.15, -0.1) is 0 Å². The minimum absolute atomic E-state index is 0.148. The van der Waals surface area contributed by atoms with Gasteiger partial charge in [0.25, 0.3) is 0 Å². The van der Waals surface area contributed by atoms with Crippen molar-refractivity contribution < 1.29 is 14.4 Å². The van der Waals surface area contributed by atoms with Gasteiger partial charge in [-0.1, -0.05) is 28.1 Å². The van der Waals surface area contributed by atoms with Crippen LogP contribution in [0.3, 0.4) is 0 Å². The Hall–Kier alpha value is -2.15. The standard InChI is InChI=1S/C19H20BrN3O3/c1-10(21-19(26)22-14-8-6-13(20)7-9-14)23-17(24)15-11-2-3-12(5-4-11)16(15)18(23)25/h2-3,6-12,15-16H,4-5H2,1H3,(H2,21,22,26)/t10-,11+,12+,15-,16+/m1/s1. The number of benzene rings is 1. The van der Waals surface area contributed by atoms with Crippen molar-refractivity contribution in [3.63, 3.8) is 0 Å². The fraction of sp³-hybridized carbons (Fsp3) is 0.421. The number of imide groups is 1. The zero-order valence-electron chi connectivity index (χ0n) is 14.3. The number of fused-ring (bicyclic) bond motifs is 1. The largest absolute Gasteiger partial charge is 0.320 e. The predicted molar refractivity (Wildman–Crippen MR) is 99.9 cm³/mol. The monoisotopic (exact) mass is 417 g/mol. The molecule has 0 radical (unpaired) electrons. The van der Waals surface area contributed by atoms with Gasteiger partial charge < -0.3 is 10.6 Å². The second-order valence-electron chi connectivity index (χ2n) is 7.17. The molecular weight excluding hydrogens is 398 g/mol. The van der Waals surface area contributed by atoms with E-state index in [1.54, 1.807) is 19.1 Å². The molecule has 2 N–H and O–H groups in total. The third-order valence-corrected chi connectivity index (χ3v) is 6.15. The van der Waals surface area contributed by atoms with Gasteiger partial charge in [0.05, 0.1) is 11.8 Å². The molecule has 2 bridgehead atoms.